The number of carbonyl (C=O) groups is 3. The third-order valence-corrected chi connectivity index (χ3v) is 4.77. The van der Waals surface area contributed by atoms with Gasteiger partial charge >= 0.3 is 0 Å². The van der Waals surface area contributed by atoms with Crippen molar-refractivity contribution in [3.05, 3.63) is 99.9 Å². The quantitative estimate of drug-likeness (QED) is 0.443. The van der Waals surface area contributed by atoms with Gasteiger partial charge in [0.05, 0.1) is 17.8 Å². The number of benzene rings is 3. The van der Waals surface area contributed by atoms with Crippen LogP contribution in [-0.2, 0) is 4.79 Å². The Hall–Kier alpha value is -3.94. The number of amides is 2. The van der Waals surface area contributed by atoms with Crippen molar-refractivity contribution in [3.8, 4) is 0 Å². The third-order valence-electron chi connectivity index (χ3n) is 4.77. The second kappa shape index (κ2) is 9.47. The molecule has 0 unspecified atom stereocenters. The molecule has 0 bridgehead atoms. The summed E-state index contributed by atoms with van der Waals surface area (Å²) >= 11 is 0. The molecule has 3 rings (SSSR count). The van der Waals surface area contributed by atoms with Gasteiger partial charge < -0.3 is 10.6 Å². The van der Waals surface area contributed by atoms with Crippen molar-refractivity contribution in [2.45, 2.75) is 13.8 Å². The molecular weight excluding hydrogens is 421 g/mol. The van der Waals surface area contributed by atoms with Crippen LogP contribution in [0.25, 0.3) is 0 Å². The highest BCUT2D eigenvalue weighted by molar-refractivity contribution is 6.16. The number of nitrogens with one attached hydrogen (secondary N) is 2. The standard InChI is InChI=1S/C24H19F3N2O3/c1-13-7-8-14(2)17(11-13)23(31)15-5-3-4-6-16(15)24(32)28-12-20(30)29-19-10-9-18(25)21(26)22(19)27/h3-11H,12H2,1-2H3,(H,28,32)(H,29,30). The first-order valence-corrected chi connectivity index (χ1v) is 9.61. The highest BCUT2D eigenvalue weighted by Crippen LogP contribution is 2.20. The fourth-order valence-electron chi connectivity index (χ4n) is 3.08. The molecule has 0 fully saturated rings. The average molecular weight is 440 g/mol. The van der Waals surface area contributed by atoms with E-state index in [0.29, 0.717) is 11.6 Å². The first-order chi connectivity index (χ1) is 15.2. The van der Waals surface area contributed by atoms with Gasteiger partial charge in [-0.05, 0) is 43.7 Å². The number of hydrogen-bond acceptors (Lipinski definition) is 3. The van der Waals surface area contributed by atoms with Gasteiger partial charge in [0, 0.05) is 11.1 Å². The number of aryl methyl sites for hydroxylation is 2. The van der Waals surface area contributed by atoms with E-state index < -0.39 is 41.5 Å². The van der Waals surface area contributed by atoms with Crippen LogP contribution in [0.5, 0.6) is 0 Å². The summed E-state index contributed by atoms with van der Waals surface area (Å²) in [4.78, 5) is 37.7. The molecule has 164 valence electrons. The van der Waals surface area contributed by atoms with Crippen LogP contribution in [0.2, 0.25) is 0 Å². The van der Waals surface area contributed by atoms with Crippen LogP contribution in [0.3, 0.4) is 0 Å². The van der Waals surface area contributed by atoms with Crippen molar-refractivity contribution < 1.29 is 27.6 Å². The second-order valence-corrected chi connectivity index (χ2v) is 7.15. The van der Waals surface area contributed by atoms with Gasteiger partial charge in [0.15, 0.2) is 23.2 Å². The Morgan fingerprint density at radius 1 is 0.812 bits per heavy atom. The third kappa shape index (κ3) is 4.85. The summed E-state index contributed by atoms with van der Waals surface area (Å²) in [6.07, 6.45) is 0. The van der Waals surface area contributed by atoms with Gasteiger partial charge in [-0.15, -0.1) is 0 Å². The smallest absolute Gasteiger partial charge is 0.252 e. The summed E-state index contributed by atoms with van der Waals surface area (Å²) in [7, 11) is 0. The van der Waals surface area contributed by atoms with E-state index in [2.05, 4.69) is 10.6 Å². The molecule has 0 heterocycles. The van der Waals surface area contributed by atoms with Gasteiger partial charge in [-0.25, -0.2) is 13.2 Å². The zero-order valence-electron chi connectivity index (χ0n) is 17.3. The van der Waals surface area contributed by atoms with E-state index in [1.807, 2.05) is 19.1 Å². The predicted octanol–water partition coefficient (Wildman–Crippen LogP) is 4.32. The lowest BCUT2D eigenvalue weighted by molar-refractivity contribution is -0.115. The summed E-state index contributed by atoms with van der Waals surface area (Å²) in [5.41, 5.74) is 1.76. The van der Waals surface area contributed by atoms with E-state index in [9.17, 15) is 27.6 Å². The molecule has 2 amide bonds. The molecule has 2 N–H and O–H groups in total. The highest BCUT2D eigenvalue weighted by atomic mass is 19.2. The van der Waals surface area contributed by atoms with E-state index in [-0.39, 0.29) is 16.9 Å². The van der Waals surface area contributed by atoms with Gasteiger partial charge in [0.1, 0.15) is 0 Å². The molecule has 8 heteroatoms. The summed E-state index contributed by atoms with van der Waals surface area (Å²) in [5.74, 6) is -6.55. The first kappa shape index (κ1) is 22.7. The van der Waals surface area contributed by atoms with E-state index in [0.717, 1.165) is 17.2 Å². The Morgan fingerprint density at radius 2 is 1.50 bits per heavy atom. The van der Waals surface area contributed by atoms with Gasteiger partial charge in [-0.3, -0.25) is 14.4 Å². The number of hydrogen-bond donors (Lipinski definition) is 2. The Balaban J connectivity index is 1.74. The number of ketones is 1. The first-order valence-electron chi connectivity index (χ1n) is 9.61. The molecule has 0 aliphatic rings. The number of carbonyl (C=O) groups excluding carboxylic acids is 3. The summed E-state index contributed by atoms with van der Waals surface area (Å²) in [6, 6.07) is 13.1. The van der Waals surface area contributed by atoms with E-state index in [1.165, 1.54) is 12.1 Å². The molecule has 0 atom stereocenters. The maximum atomic E-state index is 13.7. The normalized spacial score (nSPS) is 10.5. The SMILES string of the molecule is Cc1ccc(C)c(C(=O)c2ccccc2C(=O)NCC(=O)Nc2ccc(F)c(F)c2F)c1. The summed E-state index contributed by atoms with van der Waals surface area (Å²) < 4.78 is 40.0. The van der Waals surface area contributed by atoms with Gasteiger partial charge in [-0.1, -0.05) is 35.9 Å². The van der Waals surface area contributed by atoms with Crippen molar-refractivity contribution in [2.24, 2.45) is 0 Å². The molecule has 0 aliphatic heterocycles. The summed E-state index contributed by atoms with van der Waals surface area (Å²) in [6.45, 7) is 3.06. The zero-order chi connectivity index (χ0) is 23.4. The van der Waals surface area contributed by atoms with Crippen LogP contribution in [-0.4, -0.2) is 24.1 Å². The zero-order valence-corrected chi connectivity index (χ0v) is 17.3. The Labute approximate surface area is 182 Å². The van der Waals surface area contributed by atoms with Gasteiger partial charge in [0.2, 0.25) is 5.91 Å². The number of halogens is 3. The van der Waals surface area contributed by atoms with Crippen molar-refractivity contribution in [1.82, 2.24) is 5.32 Å². The molecule has 0 aromatic heterocycles. The van der Waals surface area contributed by atoms with E-state index in [4.69, 9.17) is 0 Å². The van der Waals surface area contributed by atoms with Crippen molar-refractivity contribution in [1.29, 1.82) is 0 Å². The minimum atomic E-state index is -1.72. The maximum absolute atomic E-state index is 13.7. The molecule has 0 saturated heterocycles. The molecule has 3 aromatic carbocycles. The summed E-state index contributed by atoms with van der Waals surface area (Å²) in [5, 5.41) is 4.40. The Kier molecular flexibility index (Phi) is 6.73. The van der Waals surface area contributed by atoms with Crippen molar-refractivity contribution >= 4 is 23.3 Å². The molecule has 0 radical (unpaired) electrons. The van der Waals surface area contributed by atoms with Crippen LogP contribution in [0.1, 0.15) is 37.4 Å². The topological polar surface area (TPSA) is 75.3 Å². The molecule has 0 aliphatic carbocycles. The maximum Gasteiger partial charge on any atom is 0.252 e. The van der Waals surface area contributed by atoms with Crippen LogP contribution in [0, 0.1) is 31.3 Å². The van der Waals surface area contributed by atoms with Crippen LogP contribution < -0.4 is 10.6 Å². The molecular formula is C24H19F3N2O3. The lowest BCUT2D eigenvalue weighted by Crippen LogP contribution is -2.34. The highest BCUT2D eigenvalue weighted by Gasteiger charge is 2.20. The monoisotopic (exact) mass is 440 g/mol. The lowest BCUT2D eigenvalue weighted by Gasteiger charge is -2.12. The molecule has 0 spiro atoms. The van der Waals surface area contributed by atoms with Crippen molar-refractivity contribution in [3.63, 3.8) is 0 Å². The van der Waals surface area contributed by atoms with Crippen molar-refractivity contribution in [2.75, 3.05) is 11.9 Å². The molecule has 0 saturated carbocycles. The minimum absolute atomic E-state index is 0.0604. The van der Waals surface area contributed by atoms with E-state index >= 15 is 0 Å². The van der Waals surface area contributed by atoms with Crippen LogP contribution >= 0.6 is 0 Å². The molecule has 32 heavy (non-hydrogen) atoms. The van der Waals surface area contributed by atoms with Gasteiger partial charge in [0.25, 0.3) is 5.91 Å². The van der Waals surface area contributed by atoms with E-state index in [1.54, 1.807) is 25.1 Å². The largest absolute Gasteiger partial charge is 0.343 e. The second-order valence-electron chi connectivity index (χ2n) is 7.15. The Morgan fingerprint density at radius 3 is 2.22 bits per heavy atom. The molecule has 3 aromatic rings. The van der Waals surface area contributed by atoms with Gasteiger partial charge in [-0.2, -0.15) is 0 Å². The Bertz CT molecular complexity index is 1230. The fraction of sp³-hybridized carbons (Fsp3) is 0.125. The minimum Gasteiger partial charge on any atom is -0.343 e. The predicted molar refractivity (Wildman–Crippen MR) is 113 cm³/mol. The van der Waals surface area contributed by atoms with Crippen LogP contribution in [0.4, 0.5) is 18.9 Å². The molecule has 5 nitrogen and oxygen atoms in total. The lowest BCUT2D eigenvalue weighted by atomic mass is 9.94. The number of rotatable bonds is 6. The van der Waals surface area contributed by atoms with Crippen LogP contribution in [0.15, 0.2) is 54.6 Å². The fourth-order valence-corrected chi connectivity index (χ4v) is 3.08. The number of anilines is 1. The average Bonchev–Trinajstić information content (AvgIpc) is 2.79.